The summed E-state index contributed by atoms with van der Waals surface area (Å²) in [5.74, 6) is 0.777. The van der Waals surface area contributed by atoms with Gasteiger partial charge in [-0.3, -0.25) is 4.79 Å². The Labute approximate surface area is 111 Å². The number of hydrogen-bond acceptors (Lipinski definition) is 3. The van der Waals surface area contributed by atoms with Crippen molar-refractivity contribution in [1.82, 2.24) is 10.6 Å². The molecule has 1 atom stereocenters. The highest BCUT2D eigenvalue weighted by molar-refractivity contribution is 5.85. The predicted octanol–water partition coefficient (Wildman–Crippen LogP) is 1.70. The average molecular weight is 256 g/mol. The van der Waals surface area contributed by atoms with Crippen molar-refractivity contribution in [3.63, 3.8) is 0 Å². The van der Waals surface area contributed by atoms with Gasteiger partial charge in [-0.1, -0.05) is 13.8 Å². The maximum atomic E-state index is 12.0. The van der Waals surface area contributed by atoms with Crippen LogP contribution in [0.15, 0.2) is 0 Å². The summed E-state index contributed by atoms with van der Waals surface area (Å²) < 4.78 is 5.48. The lowest BCUT2D eigenvalue weighted by Gasteiger charge is -2.33. The first-order chi connectivity index (χ1) is 8.54. The van der Waals surface area contributed by atoms with Gasteiger partial charge in [-0.2, -0.15) is 0 Å². The molecule has 1 rings (SSSR count). The fourth-order valence-electron chi connectivity index (χ4n) is 2.10. The molecule has 1 heterocycles. The summed E-state index contributed by atoms with van der Waals surface area (Å²) in [5, 5.41) is 6.26. The molecule has 0 aromatic carbocycles. The number of carbonyl (C=O) groups excluding carboxylic acids is 1. The highest BCUT2D eigenvalue weighted by Gasteiger charge is 2.33. The molecule has 4 heteroatoms. The third-order valence-electron chi connectivity index (χ3n) is 3.49. The molecule has 1 fully saturated rings. The third-order valence-corrected chi connectivity index (χ3v) is 3.49. The Morgan fingerprint density at radius 3 is 2.78 bits per heavy atom. The fraction of sp³-hybridized carbons (Fsp3) is 0.929. The molecule has 0 aromatic heterocycles. The molecule has 0 radical (unpaired) electrons. The second-order valence-corrected chi connectivity index (χ2v) is 5.77. The minimum absolute atomic E-state index is 0.106. The number of ether oxygens (including phenoxy) is 1. The number of rotatable bonds is 7. The first kappa shape index (κ1) is 15.4. The van der Waals surface area contributed by atoms with Crippen LogP contribution in [0, 0.1) is 5.92 Å². The van der Waals surface area contributed by atoms with Crippen molar-refractivity contribution in [1.29, 1.82) is 0 Å². The van der Waals surface area contributed by atoms with Gasteiger partial charge >= 0.3 is 0 Å². The van der Waals surface area contributed by atoms with Gasteiger partial charge in [0.15, 0.2) is 0 Å². The van der Waals surface area contributed by atoms with Crippen LogP contribution in [0.4, 0.5) is 0 Å². The summed E-state index contributed by atoms with van der Waals surface area (Å²) >= 11 is 0. The Morgan fingerprint density at radius 2 is 2.17 bits per heavy atom. The molecular weight excluding hydrogens is 228 g/mol. The molecule has 106 valence electrons. The predicted molar refractivity (Wildman–Crippen MR) is 73.5 cm³/mol. The van der Waals surface area contributed by atoms with E-state index in [1.807, 2.05) is 6.92 Å². The van der Waals surface area contributed by atoms with E-state index >= 15 is 0 Å². The van der Waals surface area contributed by atoms with Gasteiger partial charge in [0.05, 0.1) is 12.1 Å². The number of piperidine rings is 1. The Morgan fingerprint density at radius 1 is 1.39 bits per heavy atom. The summed E-state index contributed by atoms with van der Waals surface area (Å²) in [6.45, 7) is 9.28. The standard InChI is InChI=1S/C14H28N2O2/c1-12(2)6-10-18-11-9-15-13(17)14(3)7-4-5-8-16-14/h12,16H,4-11H2,1-3H3,(H,15,17). The van der Waals surface area contributed by atoms with Crippen LogP contribution in [0.2, 0.25) is 0 Å². The van der Waals surface area contributed by atoms with E-state index in [1.54, 1.807) is 0 Å². The Bertz CT molecular complexity index is 248. The second-order valence-electron chi connectivity index (χ2n) is 5.77. The van der Waals surface area contributed by atoms with Crippen molar-refractivity contribution in [2.45, 2.75) is 52.0 Å². The smallest absolute Gasteiger partial charge is 0.240 e. The largest absolute Gasteiger partial charge is 0.380 e. The van der Waals surface area contributed by atoms with Crippen LogP contribution in [0.1, 0.15) is 46.5 Å². The fourth-order valence-corrected chi connectivity index (χ4v) is 2.10. The van der Waals surface area contributed by atoms with Crippen LogP contribution < -0.4 is 10.6 Å². The van der Waals surface area contributed by atoms with Gasteiger partial charge in [0.2, 0.25) is 5.91 Å². The van der Waals surface area contributed by atoms with Crippen molar-refractivity contribution in [3.05, 3.63) is 0 Å². The lowest BCUT2D eigenvalue weighted by Crippen LogP contribution is -2.57. The molecule has 0 saturated carbocycles. The quantitative estimate of drug-likeness (QED) is 0.682. The van der Waals surface area contributed by atoms with Gasteiger partial charge in [-0.05, 0) is 45.1 Å². The summed E-state index contributed by atoms with van der Waals surface area (Å²) in [7, 11) is 0. The summed E-state index contributed by atoms with van der Waals surface area (Å²) in [6.07, 6.45) is 4.29. The maximum Gasteiger partial charge on any atom is 0.240 e. The van der Waals surface area contributed by atoms with Gasteiger partial charge in [0.1, 0.15) is 0 Å². The monoisotopic (exact) mass is 256 g/mol. The maximum absolute atomic E-state index is 12.0. The molecule has 0 aliphatic carbocycles. The van der Waals surface area contributed by atoms with Crippen LogP contribution in [0.3, 0.4) is 0 Å². The van der Waals surface area contributed by atoms with E-state index in [9.17, 15) is 4.79 Å². The van der Waals surface area contributed by atoms with E-state index in [0.717, 1.165) is 32.4 Å². The number of carbonyl (C=O) groups is 1. The Hall–Kier alpha value is -0.610. The van der Waals surface area contributed by atoms with E-state index in [4.69, 9.17) is 4.74 Å². The first-order valence-corrected chi connectivity index (χ1v) is 7.16. The summed E-state index contributed by atoms with van der Waals surface area (Å²) in [6, 6.07) is 0. The molecule has 1 saturated heterocycles. The van der Waals surface area contributed by atoms with E-state index in [1.165, 1.54) is 6.42 Å². The van der Waals surface area contributed by atoms with Crippen molar-refractivity contribution in [2.75, 3.05) is 26.3 Å². The van der Waals surface area contributed by atoms with Crippen LogP contribution >= 0.6 is 0 Å². The third kappa shape index (κ3) is 5.36. The van der Waals surface area contributed by atoms with Crippen molar-refractivity contribution >= 4 is 5.91 Å². The Balaban J connectivity index is 2.09. The second kappa shape index (κ2) is 7.74. The zero-order valence-electron chi connectivity index (χ0n) is 12.1. The minimum Gasteiger partial charge on any atom is -0.380 e. The van der Waals surface area contributed by atoms with Crippen LogP contribution in [-0.4, -0.2) is 37.7 Å². The molecule has 0 aromatic rings. The first-order valence-electron chi connectivity index (χ1n) is 7.16. The zero-order chi connectivity index (χ0) is 13.4. The van der Waals surface area contributed by atoms with Crippen LogP contribution in [0.25, 0.3) is 0 Å². The van der Waals surface area contributed by atoms with Gasteiger partial charge in [0.25, 0.3) is 0 Å². The van der Waals surface area contributed by atoms with Crippen molar-refractivity contribution in [2.24, 2.45) is 5.92 Å². The molecule has 1 unspecified atom stereocenters. The highest BCUT2D eigenvalue weighted by Crippen LogP contribution is 2.18. The van der Waals surface area contributed by atoms with E-state index in [0.29, 0.717) is 19.1 Å². The zero-order valence-corrected chi connectivity index (χ0v) is 12.1. The lowest BCUT2D eigenvalue weighted by atomic mass is 9.90. The van der Waals surface area contributed by atoms with Crippen molar-refractivity contribution in [3.8, 4) is 0 Å². The molecular formula is C14H28N2O2. The van der Waals surface area contributed by atoms with Gasteiger partial charge in [-0.25, -0.2) is 0 Å². The van der Waals surface area contributed by atoms with E-state index in [-0.39, 0.29) is 11.4 Å². The molecule has 1 aliphatic rings. The van der Waals surface area contributed by atoms with Gasteiger partial charge < -0.3 is 15.4 Å². The van der Waals surface area contributed by atoms with Crippen LogP contribution in [-0.2, 0) is 9.53 Å². The molecule has 1 aliphatic heterocycles. The topological polar surface area (TPSA) is 50.4 Å². The molecule has 4 nitrogen and oxygen atoms in total. The van der Waals surface area contributed by atoms with E-state index < -0.39 is 0 Å². The van der Waals surface area contributed by atoms with Gasteiger partial charge in [-0.15, -0.1) is 0 Å². The molecule has 1 amide bonds. The average Bonchev–Trinajstić information content (AvgIpc) is 2.34. The summed E-state index contributed by atoms with van der Waals surface area (Å²) in [4.78, 5) is 12.0. The summed E-state index contributed by atoms with van der Waals surface area (Å²) in [5.41, 5.74) is -0.379. The van der Waals surface area contributed by atoms with Crippen LogP contribution in [0.5, 0.6) is 0 Å². The molecule has 0 spiro atoms. The SMILES string of the molecule is CC(C)CCOCCNC(=O)C1(C)CCCCN1. The number of hydrogen-bond donors (Lipinski definition) is 2. The minimum atomic E-state index is -0.379. The van der Waals surface area contributed by atoms with E-state index in [2.05, 4.69) is 24.5 Å². The molecule has 0 bridgehead atoms. The molecule has 2 N–H and O–H groups in total. The normalized spacial score (nSPS) is 24.2. The lowest BCUT2D eigenvalue weighted by molar-refractivity contribution is -0.128. The van der Waals surface area contributed by atoms with Crippen molar-refractivity contribution < 1.29 is 9.53 Å². The number of nitrogens with one attached hydrogen (secondary N) is 2. The molecule has 18 heavy (non-hydrogen) atoms. The number of amides is 1. The van der Waals surface area contributed by atoms with Gasteiger partial charge in [0, 0.05) is 13.2 Å². The highest BCUT2D eigenvalue weighted by atomic mass is 16.5. The Kier molecular flexibility index (Phi) is 6.65.